The van der Waals surface area contributed by atoms with Gasteiger partial charge in [-0.25, -0.2) is 4.79 Å². The lowest BCUT2D eigenvalue weighted by atomic mass is 10.0. The predicted molar refractivity (Wildman–Crippen MR) is 78.3 cm³/mol. The number of hydrogen-bond donors (Lipinski definition) is 3. The number of amides is 1. The maximum Gasteiger partial charge on any atom is 0.330 e. The number of carboxylic acid groups (broad SMARTS) is 1. The van der Waals surface area contributed by atoms with Gasteiger partial charge in [-0.05, 0) is 11.1 Å². The molecule has 0 aromatic heterocycles. The zero-order chi connectivity index (χ0) is 15.2. The highest BCUT2D eigenvalue weighted by molar-refractivity contribution is 5.88. The van der Waals surface area contributed by atoms with Gasteiger partial charge in [0, 0.05) is 0 Å². The third kappa shape index (κ3) is 3.67. The molecule has 5 heteroatoms. The first kappa shape index (κ1) is 14.7. The van der Waals surface area contributed by atoms with Crippen LogP contribution in [0.5, 0.6) is 0 Å². The Morgan fingerprint density at radius 3 is 1.86 bits per heavy atom. The molecule has 2 atom stereocenters. The lowest BCUT2D eigenvalue weighted by molar-refractivity contribution is -0.142. The van der Waals surface area contributed by atoms with E-state index in [1.54, 1.807) is 54.6 Å². The van der Waals surface area contributed by atoms with E-state index in [1.807, 2.05) is 6.07 Å². The Hall–Kier alpha value is -2.66. The Morgan fingerprint density at radius 1 is 0.905 bits per heavy atom. The van der Waals surface area contributed by atoms with Gasteiger partial charge < -0.3 is 16.2 Å². The highest BCUT2D eigenvalue weighted by Crippen LogP contribution is 2.15. The van der Waals surface area contributed by atoms with Gasteiger partial charge >= 0.3 is 5.97 Å². The lowest BCUT2D eigenvalue weighted by Gasteiger charge is -2.18. The van der Waals surface area contributed by atoms with Gasteiger partial charge in [0.05, 0.1) is 0 Å². The summed E-state index contributed by atoms with van der Waals surface area (Å²) >= 11 is 0. The van der Waals surface area contributed by atoms with Crippen molar-refractivity contribution >= 4 is 11.9 Å². The van der Waals surface area contributed by atoms with E-state index < -0.39 is 24.0 Å². The summed E-state index contributed by atoms with van der Waals surface area (Å²) < 4.78 is 0. The Labute approximate surface area is 122 Å². The van der Waals surface area contributed by atoms with Crippen LogP contribution in [0.4, 0.5) is 0 Å². The second kappa shape index (κ2) is 6.67. The molecule has 0 aliphatic heterocycles. The first-order valence-corrected chi connectivity index (χ1v) is 6.48. The summed E-state index contributed by atoms with van der Waals surface area (Å²) in [5, 5.41) is 11.7. The first-order chi connectivity index (χ1) is 10.1. The lowest BCUT2D eigenvalue weighted by Crippen LogP contribution is -2.39. The Morgan fingerprint density at radius 2 is 1.38 bits per heavy atom. The van der Waals surface area contributed by atoms with Crippen LogP contribution >= 0.6 is 0 Å². The van der Waals surface area contributed by atoms with E-state index >= 15 is 0 Å². The van der Waals surface area contributed by atoms with Crippen molar-refractivity contribution in [1.29, 1.82) is 0 Å². The SMILES string of the molecule is NC(C(=O)N[C@H](C(=O)O)c1ccccc1)c1ccccc1. The van der Waals surface area contributed by atoms with Crippen LogP contribution in [0.25, 0.3) is 0 Å². The van der Waals surface area contributed by atoms with Crippen molar-refractivity contribution in [2.45, 2.75) is 12.1 Å². The number of carbonyl (C=O) groups is 2. The summed E-state index contributed by atoms with van der Waals surface area (Å²) in [5.74, 6) is -1.66. The highest BCUT2D eigenvalue weighted by Gasteiger charge is 2.25. The molecule has 1 unspecified atom stereocenters. The second-order valence-electron chi connectivity index (χ2n) is 4.58. The summed E-state index contributed by atoms with van der Waals surface area (Å²) in [6.45, 7) is 0. The molecule has 1 amide bonds. The summed E-state index contributed by atoms with van der Waals surface area (Å²) in [4.78, 5) is 23.5. The topological polar surface area (TPSA) is 92.4 Å². The number of nitrogens with one attached hydrogen (secondary N) is 1. The molecular formula is C16H16N2O3. The van der Waals surface area contributed by atoms with Crippen LogP contribution in [0.1, 0.15) is 23.2 Å². The number of aliphatic carboxylic acids is 1. The van der Waals surface area contributed by atoms with Crippen LogP contribution in [0, 0.1) is 0 Å². The number of carbonyl (C=O) groups excluding carboxylic acids is 1. The van der Waals surface area contributed by atoms with E-state index in [4.69, 9.17) is 5.73 Å². The maximum absolute atomic E-state index is 12.1. The van der Waals surface area contributed by atoms with E-state index in [9.17, 15) is 14.7 Å². The Kier molecular flexibility index (Phi) is 4.68. The van der Waals surface area contributed by atoms with E-state index in [-0.39, 0.29) is 0 Å². The first-order valence-electron chi connectivity index (χ1n) is 6.48. The molecule has 0 saturated carbocycles. The van der Waals surface area contributed by atoms with E-state index in [0.717, 1.165) is 0 Å². The molecule has 0 radical (unpaired) electrons. The van der Waals surface area contributed by atoms with Crippen LogP contribution in [0.15, 0.2) is 60.7 Å². The average Bonchev–Trinajstić information content (AvgIpc) is 2.53. The minimum Gasteiger partial charge on any atom is -0.479 e. The summed E-state index contributed by atoms with van der Waals surface area (Å²) in [6.07, 6.45) is 0. The van der Waals surface area contributed by atoms with Crippen molar-refractivity contribution < 1.29 is 14.7 Å². The molecule has 0 spiro atoms. The fourth-order valence-corrected chi connectivity index (χ4v) is 1.98. The van der Waals surface area contributed by atoms with Crippen molar-refractivity contribution in [3.63, 3.8) is 0 Å². The average molecular weight is 284 g/mol. The van der Waals surface area contributed by atoms with Crippen LogP contribution in [0.3, 0.4) is 0 Å². The zero-order valence-corrected chi connectivity index (χ0v) is 11.3. The molecule has 2 rings (SSSR count). The molecule has 2 aromatic carbocycles. The molecule has 5 nitrogen and oxygen atoms in total. The number of rotatable bonds is 5. The molecule has 2 aromatic rings. The third-order valence-electron chi connectivity index (χ3n) is 3.11. The van der Waals surface area contributed by atoms with Crippen LogP contribution in [-0.2, 0) is 9.59 Å². The van der Waals surface area contributed by atoms with Crippen molar-refractivity contribution in [3.8, 4) is 0 Å². The van der Waals surface area contributed by atoms with Crippen LogP contribution in [-0.4, -0.2) is 17.0 Å². The predicted octanol–water partition coefficient (Wildman–Crippen LogP) is 1.63. The van der Waals surface area contributed by atoms with Crippen molar-refractivity contribution in [2.24, 2.45) is 5.73 Å². The summed E-state index contributed by atoms with van der Waals surface area (Å²) in [6, 6.07) is 15.3. The van der Waals surface area contributed by atoms with Crippen LogP contribution < -0.4 is 11.1 Å². The monoisotopic (exact) mass is 284 g/mol. The molecule has 0 heterocycles. The Bertz CT molecular complexity index is 614. The molecule has 0 saturated heterocycles. The minimum absolute atomic E-state index is 0.499. The Balaban J connectivity index is 2.14. The smallest absolute Gasteiger partial charge is 0.330 e. The highest BCUT2D eigenvalue weighted by atomic mass is 16.4. The minimum atomic E-state index is -1.13. The summed E-state index contributed by atoms with van der Waals surface area (Å²) in [5.41, 5.74) is 6.99. The third-order valence-corrected chi connectivity index (χ3v) is 3.11. The van der Waals surface area contributed by atoms with Crippen LogP contribution in [0.2, 0.25) is 0 Å². The van der Waals surface area contributed by atoms with E-state index in [2.05, 4.69) is 5.32 Å². The van der Waals surface area contributed by atoms with E-state index in [1.165, 1.54) is 0 Å². The van der Waals surface area contributed by atoms with Gasteiger partial charge in [0.25, 0.3) is 0 Å². The number of nitrogens with two attached hydrogens (primary N) is 1. The largest absolute Gasteiger partial charge is 0.479 e. The number of hydrogen-bond acceptors (Lipinski definition) is 3. The van der Waals surface area contributed by atoms with Gasteiger partial charge in [0.15, 0.2) is 6.04 Å². The normalized spacial score (nSPS) is 13.2. The van der Waals surface area contributed by atoms with Gasteiger partial charge in [-0.1, -0.05) is 60.7 Å². The molecule has 0 aliphatic rings. The fraction of sp³-hybridized carbons (Fsp3) is 0.125. The quantitative estimate of drug-likeness (QED) is 0.778. The van der Waals surface area contributed by atoms with Gasteiger partial charge in [-0.15, -0.1) is 0 Å². The zero-order valence-electron chi connectivity index (χ0n) is 11.3. The molecule has 21 heavy (non-hydrogen) atoms. The number of carboxylic acids is 1. The second-order valence-corrected chi connectivity index (χ2v) is 4.58. The fourth-order valence-electron chi connectivity index (χ4n) is 1.98. The van der Waals surface area contributed by atoms with Crippen molar-refractivity contribution in [1.82, 2.24) is 5.32 Å². The molecule has 108 valence electrons. The molecule has 4 N–H and O–H groups in total. The van der Waals surface area contributed by atoms with Crippen molar-refractivity contribution in [3.05, 3.63) is 71.8 Å². The van der Waals surface area contributed by atoms with Crippen molar-refractivity contribution in [2.75, 3.05) is 0 Å². The summed E-state index contributed by atoms with van der Waals surface area (Å²) in [7, 11) is 0. The van der Waals surface area contributed by atoms with E-state index in [0.29, 0.717) is 11.1 Å². The molecule has 0 fully saturated rings. The molecule has 0 bridgehead atoms. The van der Waals surface area contributed by atoms with Gasteiger partial charge in [0.2, 0.25) is 5.91 Å². The standard InChI is InChI=1S/C16H16N2O3/c17-13(11-7-3-1-4-8-11)15(19)18-14(16(20)21)12-9-5-2-6-10-12/h1-10,13-14H,17H2,(H,18,19)(H,20,21)/t13?,14-/m0/s1. The van der Waals surface area contributed by atoms with Gasteiger partial charge in [0.1, 0.15) is 6.04 Å². The van der Waals surface area contributed by atoms with Gasteiger partial charge in [-0.2, -0.15) is 0 Å². The maximum atomic E-state index is 12.1. The molecule has 0 aliphatic carbocycles. The number of benzene rings is 2. The van der Waals surface area contributed by atoms with Gasteiger partial charge in [-0.3, -0.25) is 4.79 Å². The molecular weight excluding hydrogens is 268 g/mol.